The monoisotopic (exact) mass is 420 g/mol. The third kappa shape index (κ3) is 4.13. The van der Waals surface area contributed by atoms with Crippen LogP contribution in [0.5, 0.6) is 0 Å². The Labute approximate surface area is 175 Å². The van der Waals surface area contributed by atoms with Crippen LogP contribution >= 0.6 is 12.4 Å². The Kier molecular flexibility index (Phi) is 6.50. The van der Waals surface area contributed by atoms with E-state index < -0.39 is 10.0 Å². The van der Waals surface area contributed by atoms with Crippen LogP contribution in [0.3, 0.4) is 0 Å². The second-order valence-electron chi connectivity index (χ2n) is 7.95. The Hall–Kier alpha value is -1.40. The van der Waals surface area contributed by atoms with Crippen LogP contribution in [0.25, 0.3) is 0 Å². The summed E-state index contributed by atoms with van der Waals surface area (Å²) in [6.07, 6.45) is 4.02. The van der Waals surface area contributed by atoms with Crippen molar-refractivity contribution in [1.29, 1.82) is 0 Å². The van der Waals surface area contributed by atoms with Gasteiger partial charge in [-0.15, -0.1) is 12.4 Å². The van der Waals surface area contributed by atoms with Crippen LogP contribution in [0, 0.1) is 6.92 Å². The molecule has 2 aromatic carbocycles. The largest absolute Gasteiger partial charge is 0.296 e. The summed E-state index contributed by atoms with van der Waals surface area (Å²) in [7, 11) is -1.69. The highest BCUT2D eigenvalue weighted by atomic mass is 35.5. The second kappa shape index (κ2) is 8.54. The topological polar surface area (TPSA) is 40.6 Å². The zero-order valence-corrected chi connectivity index (χ0v) is 18.2. The summed E-state index contributed by atoms with van der Waals surface area (Å²) in [5.74, 6) is 0. The van der Waals surface area contributed by atoms with Gasteiger partial charge in [0.05, 0.1) is 4.90 Å². The number of sulfonamides is 1. The minimum Gasteiger partial charge on any atom is -0.296 e. The fourth-order valence-corrected chi connectivity index (χ4v) is 6.07. The highest BCUT2D eigenvalue weighted by molar-refractivity contribution is 7.89. The molecule has 152 valence electrons. The molecule has 1 aliphatic carbocycles. The van der Waals surface area contributed by atoms with Gasteiger partial charge in [0.25, 0.3) is 0 Å². The van der Waals surface area contributed by atoms with E-state index >= 15 is 0 Å². The predicted octanol–water partition coefficient (Wildman–Crippen LogP) is 4.02. The molecule has 2 aliphatic rings. The van der Waals surface area contributed by atoms with Crippen molar-refractivity contribution < 1.29 is 8.42 Å². The van der Waals surface area contributed by atoms with Crippen LogP contribution in [-0.2, 0) is 23.0 Å². The van der Waals surface area contributed by atoms with Crippen molar-refractivity contribution in [1.82, 2.24) is 9.21 Å². The first-order chi connectivity index (χ1) is 12.9. The molecule has 0 radical (unpaired) electrons. The molecule has 0 spiro atoms. The Balaban J connectivity index is 0.00000225. The lowest BCUT2D eigenvalue weighted by Gasteiger charge is -2.34. The molecule has 28 heavy (non-hydrogen) atoms. The lowest BCUT2D eigenvalue weighted by molar-refractivity contribution is 0.175. The maximum absolute atomic E-state index is 13.0. The van der Waals surface area contributed by atoms with Gasteiger partial charge < -0.3 is 0 Å². The summed E-state index contributed by atoms with van der Waals surface area (Å²) in [5, 5.41) is 0. The predicted molar refractivity (Wildman–Crippen MR) is 115 cm³/mol. The van der Waals surface area contributed by atoms with Crippen LogP contribution in [0.2, 0.25) is 0 Å². The average molecular weight is 421 g/mol. The SMILES string of the molecule is Cc1cccc(S(=O)(=O)N(C)C2CCC(N3CCc4ccccc4C3)C2)c1.Cl. The molecule has 0 N–H and O–H groups in total. The lowest BCUT2D eigenvalue weighted by atomic mass is 9.98. The van der Waals surface area contributed by atoms with Crippen LogP contribution in [0.15, 0.2) is 53.4 Å². The molecule has 0 saturated heterocycles. The van der Waals surface area contributed by atoms with Gasteiger partial charge in [-0.25, -0.2) is 8.42 Å². The van der Waals surface area contributed by atoms with E-state index in [4.69, 9.17) is 0 Å². The number of aryl methyl sites for hydroxylation is 1. The molecule has 2 aromatic rings. The van der Waals surface area contributed by atoms with Gasteiger partial charge in [-0.2, -0.15) is 4.31 Å². The van der Waals surface area contributed by atoms with E-state index in [2.05, 4.69) is 29.2 Å². The van der Waals surface area contributed by atoms with Gasteiger partial charge in [-0.05, 0) is 61.4 Å². The highest BCUT2D eigenvalue weighted by Crippen LogP contribution is 2.33. The smallest absolute Gasteiger partial charge is 0.243 e. The number of halogens is 1. The minimum absolute atomic E-state index is 0. The fraction of sp³-hybridized carbons (Fsp3) is 0.455. The van der Waals surface area contributed by atoms with Gasteiger partial charge in [-0.1, -0.05) is 36.4 Å². The number of hydrogen-bond acceptors (Lipinski definition) is 3. The maximum Gasteiger partial charge on any atom is 0.243 e. The summed E-state index contributed by atoms with van der Waals surface area (Å²) in [6.45, 7) is 3.99. The van der Waals surface area contributed by atoms with Crippen molar-refractivity contribution in [2.45, 2.75) is 56.1 Å². The minimum atomic E-state index is -3.43. The molecule has 6 heteroatoms. The standard InChI is InChI=1S/C22H28N2O2S.ClH/c1-17-6-5-9-22(14-17)27(25,26)23(2)20-10-11-21(15-20)24-13-12-18-7-3-4-8-19(18)16-24;/h3-9,14,20-21H,10-13,15-16H2,1-2H3;1H. The molecular weight excluding hydrogens is 392 g/mol. The zero-order valence-electron chi connectivity index (χ0n) is 16.5. The quantitative estimate of drug-likeness (QED) is 0.750. The molecule has 1 aliphatic heterocycles. The molecule has 4 rings (SSSR count). The fourth-order valence-electron chi connectivity index (χ4n) is 4.56. The number of nitrogens with zero attached hydrogens (tertiary/aromatic N) is 2. The third-order valence-corrected chi connectivity index (χ3v) is 8.14. The Morgan fingerprint density at radius 1 is 1.04 bits per heavy atom. The maximum atomic E-state index is 13.0. The van der Waals surface area contributed by atoms with Gasteiger partial charge in [0.1, 0.15) is 0 Å². The van der Waals surface area contributed by atoms with Crippen LogP contribution in [-0.4, -0.2) is 43.3 Å². The normalized spacial score (nSPS) is 22.7. The van der Waals surface area contributed by atoms with E-state index in [1.54, 1.807) is 23.5 Å². The molecule has 2 atom stereocenters. The summed E-state index contributed by atoms with van der Waals surface area (Å²) in [4.78, 5) is 2.95. The highest BCUT2D eigenvalue weighted by Gasteiger charge is 2.37. The van der Waals surface area contributed by atoms with Gasteiger partial charge >= 0.3 is 0 Å². The first-order valence-corrected chi connectivity index (χ1v) is 11.2. The van der Waals surface area contributed by atoms with Crippen molar-refractivity contribution in [3.05, 3.63) is 65.2 Å². The zero-order chi connectivity index (χ0) is 19.0. The number of hydrogen-bond donors (Lipinski definition) is 0. The third-order valence-electron chi connectivity index (χ3n) is 6.23. The van der Waals surface area contributed by atoms with Gasteiger partial charge in [-0.3, -0.25) is 4.90 Å². The summed E-state index contributed by atoms with van der Waals surface area (Å²) < 4.78 is 27.7. The van der Waals surface area contributed by atoms with E-state index in [0.717, 1.165) is 44.3 Å². The van der Waals surface area contributed by atoms with Crippen LogP contribution in [0.4, 0.5) is 0 Å². The molecular formula is C22H29ClN2O2S. The number of benzene rings is 2. The summed E-state index contributed by atoms with van der Waals surface area (Å²) >= 11 is 0. The lowest BCUT2D eigenvalue weighted by Crippen LogP contribution is -2.40. The van der Waals surface area contributed by atoms with Crippen molar-refractivity contribution in [3.8, 4) is 0 Å². The molecule has 0 amide bonds. The second-order valence-corrected chi connectivity index (χ2v) is 9.95. The van der Waals surface area contributed by atoms with Gasteiger partial charge in [0.2, 0.25) is 10.0 Å². The van der Waals surface area contributed by atoms with Gasteiger partial charge in [0.15, 0.2) is 0 Å². The van der Waals surface area contributed by atoms with Crippen molar-refractivity contribution in [2.75, 3.05) is 13.6 Å². The molecule has 1 saturated carbocycles. The van der Waals surface area contributed by atoms with E-state index in [0.29, 0.717) is 10.9 Å². The molecule has 2 unspecified atom stereocenters. The Morgan fingerprint density at radius 2 is 1.79 bits per heavy atom. The van der Waals surface area contributed by atoms with E-state index in [1.165, 1.54) is 11.1 Å². The molecule has 0 bridgehead atoms. The van der Waals surface area contributed by atoms with Crippen molar-refractivity contribution in [2.24, 2.45) is 0 Å². The van der Waals surface area contributed by atoms with E-state index in [-0.39, 0.29) is 18.4 Å². The molecule has 4 nitrogen and oxygen atoms in total. The van der Waals surface area contributed by atoms with Crippen LogP contribution in [0.1, 0.15) is 36.0 Å². The Bertz CT molecular complexity index is 932. The molecule has 1 fully saturated rings. The summed E-state index contributed by atoms with van der Waals surface area (Å²) in [6, 6.07) is 16.4. The Morgan fingerprint density at radius 3 is 2.54 bits per heavy atom. The van der Waals surface area contributed by atoms with E-state index in [1.807, 2.05) is 19.1 Å². The van der Waals surface area contributed by atoms with Crippen molar-refractivity contribution in [3.63, 3.8) is 0 Å². The summed E-state index contributed by atoms with van der Waals surface area (Å²) in [5.41, 5.74) is 3.86. The number of fused-ring (bicyclic) bond motifs is 1. The van der Waals surface area contributed by atoms with Crippen molar-refractivity contribution >= 4 is 22.4 Å². The van der Waals surface area contributed by atoms with E-state index in [9.17, 15) is 8.42 Å². The van der Waals surface area contributed by atoms with Gasteiger partial charge in [0, 0.05) is 32.2 Å². The average Bonchev–Trinajstić information content (AvgIpc) is 3.17. The molecule has 0 aromatic heterocycles. The first kappa shape index (κ1) is 21.3. The number of rotatable bonds is 4. The first-order valence-electron chi connectivity index (χ1n) is 9.80. The molecule has 1 heterocycles. The van der Waals surface area contributed by atoms with Crippen LogP contribution < -0.4 is 0 Å².